The zero-order valence-corrected chi connectivity index (χ0v) is 11.0. The number of nitrogens with zero attached hydrogens (tertiary/aromatic N) is 2. The van der Waals surface area contributed by atoms with Gasteiger partial charge in [-0.25, -0.2) is 4.98 Å². The molecule has 3 nitrogen and oxygen atoms in total. The Bertz CT molecular complexity index is 302. The Morgan fingerprint density at radius 2 is 2.19 bits per heavy atom. The maximum absolute atomic E-state index is 4.29. The van der Waals surface area contributed by atoms with Crippen molar-refractivity contribution < 1.29 is 0 Å². The quantitative estimate of drug-likeness (QED) is 0.853. The normalized spacial score (nSPS) is 19.4. The maximum Gasteiger partial charge on any atom is 0.106 e. The van der Waals surface area contributed by atoms with E-state index >= 15 is 0 Å². The van der Waals surface area contributed by atoms with Gasteiger partial charge in [-0.1, -0.05) is 12.8 Å². The van der Waals surface area contributed by atoms with Crippen LogP contribution in [0.15, 0.2) is 11.6 Å². The van der Waals surface area contributed by atoms with Crippen molar-refractivity contribution in [1.82, 2.24) is 15.2 Å². The summed E-state index contributed by atoms with van der Waals surface area (Å²) in [6.07, 6.45) is 7.27. The van der Waals surface area contributed by atoms with Gasteiger partial charge < -0.3 is 10.2 Å². The second-order valence-electron chi connectivity index (χ2n) is 4.86. The van der Waals surface area contributed by atoms with Gasteiger partial charge in [0.05, 0.1) is 0 Å². The van der Waals surface area contributed by atoms with Gasteiger partial charge in [0.1, 0.15) is 5.01 Å². The standard InChI is InChI=1S/C12H21N3S/c1-15(2)12(5-3-4-6-12)10-13-9-11-14-7-8-16-11/h7-8,13H,3-6,9-10H2,1-2H3. The fraction of sp³-hybridized carbons (Fsp3) is 0.750. The first-order valence-electron chi connectivity index (χ1n) is 5.99. The van der Waals surface area contributed by atoms with Gasteiger partial charge in [0.2, 0.25) is 0 Å². The zero-order chi connectivity index (χ0) is 11.4. The summed E-state index contributed by atoms with van der Waals surface area (Å²) in [6.45, 7) is 1.99. The van der Waals surface area contributed by atoms with E-state index in [9.17, 15) is 0 Å². The van der Waals surface area contributed by atoms with Crippen LogP contribution in [0.2, 0.25) is 0 Å². The summed E-state index contributed by atoms with van der Waals surface area (Å²) < 4.78 is 0. The topological polar surface area (TPSA) is 28.2 Å². The second kappa shape index (κ2) is 5.25. The molecule has 0 radical (unpaired) electrons. The third-order valence-electron chi connectivity index (χ3n) is 3.70. The van der Waals surface area contributed by atoms with Crippen LogP contribution >= 0.6 is 11.3 Å². The first kappa shape index (κ1) is 12.0. The second-order valence-corrected chi connectivity index (χ2v) is 5.83. The lowest BCUT2D eigenvalue weighted by Crippen LogP contribution is -2.49. The molecule has 0 saturated heterocycles. The van der Waals surface area contributed by atoms with E-state index in [4.69, 9.17) is 0 Å². The molecular weight excluding hydrogens is 218 g/mol. The molecule has 90 valence electrons. The van der Waals surface area contributed by atoms with Crippen molar-refractivity contribution in [2.75, 3.05) is 20.6 Å². The molecule has 0 unspecified atom stereocenters. The largest absolute Gasteiger partial charge is 0.309 e. The van der Waals surface area contributed by atoms with Gasteiger partial charge in [-0.15, -0.1) is 11.3 Å². The average Bonchev–Trinajstić information content (AvgIpc) is 2.88. The molecule has 1 saturated carbocycles. The van der Waals surface area contributed by atoms with Gasteiger partial charge in [-0.2, -0.15) is 0 Å². The lowest BCUT2D eigenvalue weighted by molar-refractivity contribution is 0.153. The maximum atomic E-state index is 4.29. The minimum absolute atomic E-state index is 0.386. The molecule has 1 aromatic heterocycles. The highest BCUT2D eigenvalue weighted by atomic mass is 32.1. The Kier molecular flexibility index (Phi) is 3.95. The van der Waals surface area contributed by atoms with Crippen LogP contribution in [0.3, 0.4) is 0 Å². The summed E-state index contributed by atoms with van der Waals surface area (Å²) in [6, 6.07) is 0. The third kappa shape index (κ3) is 2.62. The van der Waals surface area contributed by atoms with Crippen LogP contribution in [0.5, 0.6) is 0 Å². The fourth-order valence-electron chi connectivity index (χ4n) is 2.56. The molecule has 16 heavy (non-hydrogen) atoms. The van der Waals surface area contributed by atoms with E-state index in [1.165, 1.54) is 30.7 Å². The average molecular weight is 239 g/mol. The van der Waals surface area contributed by atoms with Crippen molar-refractivity contribution in [3.05, 3.63) is 16.6 Å². The minimum Gasteiger partial charge on any atom is -0.309 e. The highest BCUT2D eigenvalue weighted by Gasteiger charge is 2.35. The molecule has 0 aromatic carbocycles. The summed E-state index contributed by atoms with van der Waals surface area (Å²) in [5.41, 5.74) is 0.386. The molecule has 0 bridgehead atoms. The van der Waals surface area contributed by atoms with Gasteiger partial charge in [0, 0.05) is 30.2 Å². The van der Waals surface area contributed by atoms with E-state index in [0.717, 1.165) is 13.1 Å². The van der Waals surface area contributed by atoms with Gasteiger partial charge in [-0.05, 0) is 26.9 Å². The predicted octanol–water partition coefficient (Wildman–Crippen LogP) is 2.11. The monoisotopic (exact) mass is 239 g/mol. The summed E-state index contributed by atoms with van der Waals surface area (Å²) in [7, 11) is 4.41. The van der Waals surface area contributed by atoms with E-state index in [0.29, 0.717) is 5.54 Å². The lowest BCUT2D eigenvalue weighted by Gasteiger charge is -2.36. The number of thiazole rings is 1. The molecule has 0 amide bonds. The van der Waals surface area contributed by atoms with E-state index in [1.807, 2.05) is 11.6 Å². The molecule has 1 aromatic rings. The molecule has 1 N–H and O–H groups in total. The minimum atomic E-state index is 0.386. The van der Waals surface area contributed by atoms with Crippen molar-refractivity contribution in [1.29, 1.82) is 0 Å². The molecule has 1 aliphatic carbocycles. The Balaban J connectivity index is 1.83. The Morgan fingerprint density at radius 3 is 2.75 bits per heavy atom. The predicted molar refractivity (Wildman–Crippen MR) is 68.7 cm³/mol. The van der Waals surface area contributed by atoms with Gasteiger partial charge in [0.15, 0.2) is 0 Å². The van der Waals surface area contributed by atoms with E-state index in [-0.39, 0.29) is 0 Å². The number of likely N-dealkylation sites (N-methyl/N-ethyl adjacent to an activating group) is 1. The molecular formula is C12H21N3S. The molecule has 0 aliphatic heterocycles. The summed E-state index contributed by atoms with van der Waals surface area (Å²) >= 11 is 1.73. The van der Waals surface area contributed by atoms with E-state index in [1.54, 1.807) is 11.3 Å². The van der Waals surface area contributed by atoms with Crippen LogP contribution in [0.1, 0.15) is 30.7 Å². The van der Waals surface area contributed by atoms with Gasteiger partial charge in [-0.3, -0.25) is 0 Å². The summed E-state index contributed by atoms with van der Waals surface area (Å²) in [5, 5.41) is 6.78. The van der Waals surface area contributed by atoms with Crippen LogP contribution in [-0.4, -0.2) is 36.1 Å². The molecule has 0 spiro atoms. The van der Waals surface area contributed by atoms with Crippen LogP contribution in [0.4, 0.5) is 0 Å². The lowest BCUT2D eigenvalue weighted by atomic mass is 9.96. The summed E-state index contributed by atoms with van der Waals surface area (Å²) in [4.78, 5) is 6.69. The fourth-order valence-corrected chi connectivity index (χ4v) is 3.14. The summed E-state index contributed by atoms with van der Waals surface area (Å²) in [5.74, 6) is 0. The van der Waals surface area contributed by atoms with Crippen molar-refractivity contribution >= 4 is 11.3 Å². The highest BCUT2D eigenvalue weighted by molar-refractivity contribution is 7.09. The number of aromatic nitrogens is 1. The molecule has 2 rings (SSSR count). The Morgan fingerprint density at radius 1 is 1.44 bits per heavy atom. The number of hydrogen-bond donors (Lipinski definition) is 1. The van der Waals surface area contributed by atoms with Crippen molar-refractivity contribution in [2.45, 2.75) is 37.8 Å². The number of nitrogens with one attached hydrogen (secondary N) is 1. The van der Waals surface area contributed by atoms with Crippen molar-refractivity contribution in [3.8, 4) is 0 Å². The van der Waals surface area contributed by atoms with Crippen LogP contribution in [-0.2, 0) is 6.54 Å². The molecule has 4 heteroatoms. The molecule has 0 atom stereocenters. The van der Waals surface area contributed by atoms with Crippen LogP contribution in [0, 0.1) is 0 Å². The number of hydrogen-bond acceptors (Lipinski definition) is 4. The van der Waals surface area contributed by atoms with Crippen molar-refractivity contribution in [2.24, 2.45) is 0 Å². The Labute approximate surface area is 102 Å². The molecule has 1 fully saturated rings. The first-order chi connectivity index (χ1) is 7.73. The SMILES string of the molecule is CN(C)C1(CNCc2nccs2)CCCC1. The smallest absolute Gasteiger partial charge is 0.106 e. The van der Waals surface area contributed by atoms with Crippen LogP contribution < -0.4 is 5.32 Å². The van der Waals surface area contributed by atoms with E-state index < -0.39 is 0 Å². The van der Waals surface area contributed by atoms with Crippen LogP contribution in [0.25, 0.3) is 0 Å². The number of rotatable bonds is 5. The van der Waals surface area contributed by atoms with E-state index in [2.05, 4.69) is 29.3 Å². The zero-order valence-electron chi connectivity index (χ0n) is 10.2. The van der Waals surface area contributed by atoms with Gasteiger partial charge >= 0.3 is 0 Å². The molecule has 1 aliphatic rings. The van der Waals surface area contributed by atoms with Gasteiger partial charge in [0.25, 0.3) is 0 Å². The van der Waals surface area contributed by atoms with Crippen molar-refractivity contribution in [3.63, 3.8) is 0 Å². The molecule has 1 heterocycles. The first-order valence-corrected chi connectivity index (χ1v) is 6.87. The third-order valence-corrected chi connectivity index (χ3v) is 4.48. The highest BCUT2D eigenvalue weighted by Crippen LogP contribution is 2.33. The Hall–Kier alpha value is -0.450.